The minimum Gasteiger partial charge on any atom is -0.337 e. The third-order valence-corrected chi connectivity index (χ3v) is 3.81. The van der Waals surface area contributed by atoms with Crippen LogP contribution in [0.4, 0.5) is 11.4 Å². The molecule has 3 amide bonds. The van der Waals surface area contributed by atoms with Gasteiger partial charge in [0.1, 0.15) is 0 Å². The fourth-order valence-corrected chi connectivity index (χ4v) is 2.36. The van der Waals surface area contributed by atoms with Crippen LogP contribution in [0.3, 0.4) is 0 Å². The highest BCUT2D eigenvalue weighted by Gasteiger charge is 2.27. The van der Waals surface area contributed by atoms with Crippen LogP contribution < -0.4 is 16.2 Å². The predicted octanol–water partition coefficient (Wildman–Crippen LogP) is 0.608. The number of amides is 3. The second kappa shape index (κ2) is 11.4. The molecule has 0 aliphatic rings. The van der Waals surface area contributed by atoms with E-state index in [-0.39, 0.29) is 11.4 Å². The first-order chi connectivity index (χ1) is 15.7. The molecule has 0 saturated heterocycles. The second-order valence-electron chi connectivity index (χ2n) is 6.31. The molecular weight excluding hydrogens is 438 g/mol. The maximum absolute atomic E-state index is 12.3. The summed E-state index contributed by atoms with van der Waals surface area (Å²) in [6.45, 7) is 1.09. The summed E-state index contributed by atoms with van der Waals surface area (Å²) < 4.78 is 0. The number of hydrogen-bond acceptors (Lipinski definition) is 9. The standard InChI is InChI=1S/C19H17N7O7/c1-12(27)22-17(18(28)23-20-10-13-4-2-6-15(8-13)25(30)31)19(29)24-21-11-14-5-3-7-16(9-14)26(32)33/h2-11,17H,1H3,(H,22,27)(H,23,28)(H,24,29). The highest BCUT2D eigenvalue weighted by Crippen LogP contribution is 2.12. The van der Waals surface area contributed by atoms with Gasteiger partial charge in [-0.1, -0.05) is 24.3 Å². The molecule has 0 unspecified atom stereocenters. The molecule has 2 rings (SSSR count). The number of carbonyl (C=O) groups excluding carboxylic acids is 3. The van der Waals surface area contributed by atoms with Gasteiger partial charge in [0.15, 0.2) is 6.04 Å². The molecule has 0 aliphatic heterocycles. The van der Waals surface area contributed by atoms with E-state index in [1.54, 1.807) is 0 Å². The van der Waals surface area contributed by atoms with Crippen LogP contribution in [-0.4, -0.2) is 46.0 Å². The molecule has 3 N–H and O–H groups in total. The number of benzene rings is 2. The first-order valence-corrected chi connectivity index (χ1v) is 9.09. The maximum Gasteiger partial charge on any atom is 0.272 e. The van der Waals surface area contributed by atoms with E-state index in [0.717, 1.165) is 19.4 Å². The lowest BCUT2D eigenvalue weighted by molar-refractivity contribution is -0.385. The van der Waals surface area contributed by atoms with Crippen molar-refractivity contribution in [1.29, 1.82) is 0 Å². The Morgan fingerprint density at radius 3 is 1.64 bits per heavy atom. The van der Waals surface area contributed by atoms with E-state index in [0.29, 0.717) is 11.1 Å². The van der Waals surface area contributed by atoms with Crippen LogP contribution in [0, 0.1) is 20.2 Å². The molecule has 2 aromatic carbocycles. The summed E-state index contributed by atoms with van der Waals surface area (Å²) in [7, 11) is 0. The van der Waals surface area contributed by atoms with E-state index in [1.165, 1.54) is 48.5 Å². The Balaban J connectivity index is 2.04. The highest BCUT2D eigenvalue weighted by atomic mass is 16.6. The molecule has 0 heterocycles. The molecule has 0 atom stereocenters. The molecule has 33 heavy (non-hydrogen) atoms. The van der Waals surface area contributed by atoms with E-state index in [9.17, 15) is 34.6 Å². The largest absolute Gasteiger partial charge is 0.337 e. The molecule has 170 valence electrons. The van der Waals surface area contributed by atoms with Crippen molar-refractivity contribution < 1.29 is 24.2 Å². The molecular formula is C19H17N7O7. The Morgan fingerprint density at radius 2 is 1.27 bits per heavy atom. The lowest BCUT2D eigenvalue weighted by Crippen LogP contribution is -2.53. The quantitative estimate of drug-likeness (QED) is 0.213. The average Bonchev–Trinajstić information content (AvgIpc) is 2.77. The van der Waals surface area contributed by atoms with Crippen molar-refractivity contribution in [3.63, 3.8) is 0 Å². The number of nitro benzene ring substituents is 2. The van der Waals surface area contributed by atoms with Gasteiger partial charge in [-0.25, -0.2) is 10.9 Å². The number of non-ortho nitro benzene ring substituents is 2. The molecule has 14 nitrogen and oxygen atoms in total. The van der Waals surface area contributed by atoms with Crippen molar-refractivity contribution in [3.05, 3.63) is 79.9 Å². The lowest BCUT2D eigenvalue weighted by atomic mass is 10.2. The van der Waals surface area contributed by atoms with Crippen LogP contribution in [0.2, 0.25) is 0 Å². The zero-order valence-corrected chi connectivity index (χ0v) is 17.0. The van der Waals surface area contributed by atoms with Crippen molar-refractivity contribution in [1.82, 2.24) is 16.2 Å². The van der Waals surface area contributed by atoms with Crippen LogP contribution in [-0.2, 0) is 14.4 Å². The SMILES string of the molecule is CC(=O)NC(C(=O)NN=Cc1cccc([N+](=O)[O-])c1)C(=O)NN=Cc1cccc([N+](=O)[O-])c1. The van der Waals surface area contributed by atoms with Gasteiger partial charge in [-0.3, -0.25) is 34.6 Å². The Bertz CT molecular complexity index is 1070. The number of hydrogen-bond donors (Lipinski definition) is 3. The molecule has 0 bridgehead atoms. The summed E-state index contributed by atoms with van der Waals surface area (Å²) in [6, 6.07) is 9.15. The summed E-state index contributed by atoms with van der Waals surface area (Å²) in [6.07, 6.45) is 2.24. The van der Waals surface area contributed by atoms with Gasteiger partial charge >= 0.3 is 0 Å². The Kier molecular flexibility index (Phi) is 8.38. The molecule has 0 aromatic heterocycles. The van der Waals surface area contributed by atoms with Gasteiger partial charge in [-0.05, 0) is 0 Å². The summed E-state index contributed by atoms with van der Waals surface area (Å²) in [5.41, 5.74) is 4.37. The lowest BCUT2D eigenvalue weighted by Gasteiger charge is -2.13. The Morgan fingerprint density at radius 1 is 0.848 bits per heavy atom. The number of nitrogens with one attached hydrogen (secondary N) is 3. The minimum atomic E-state index is -1.70. The zero-order valence-electron chi connectivity index (χ0n) is 17.0. The monoisotopic (exact) mass is 455 g/mol. The van der Waals surface area contributed by atoms with E-state index in [2.05, 4.69) is 26.4 Å². The van der Waals surface area contributed by atoms with Gasteiger partial charge in [0.2, 0.25) is 5.91 Å². The number of hydrazone groups is 2. The highest BCUT2D eigenvalue weighted by molar-refractivity contribution is 6.07. The van der Waals surface area contributed by atoms with E-state index in [4.69, 9.17) is 0 Å². The number of nitrogens with zero attached hydrogens (tertiary/aromatic N) is 4. The normalized spacial score (nSPS) is 11.7. The predicted molar refractivity (Wildman–Crippen MR) is 115 cm³/mol. The van der Waals surface area contributed by atoms with Crippen LogP contribution in [0.15, 0.2) is 58.7 Å². The summed E-state index contributed by atoms with van der Waals surface area (Å²) in [5.74, 6) is -2.69. The van der Waals surface area contributed by atoms with Crippen molar-refractivity contribution in [2.45, 2.75) is 13.0 Å². The molecule has 2 aromatic rings. The van der Waals surface area contributed by atoms with Gasteiger partial charge in [-0.2, -0.15) is 10.2 Å². The topological polar surface area (TPSA) is 198 Å². The first kappa shape index (κ1) is 24.3. The zero-order chi connectivity index (χ0) is 24.4. The van der Waals surface area contributed by atoms with Gasteiger partial charge in [-0.15, -0.1) is 0 Å². The van der Waals surface area contributed by atoms with Crippen LogP contribution in [0.5, 0.6) is 0 Å². The summed E-state index contributed by atoms with van der Waals surface area (Å²) >= 11 is 0. The smallest absolute Gasteiger partial charge is 0.272 e. The van der Waals surface area contributed by atoms with Crippen molar-refractivity contribution >= 4 is 41.5 Å². The molecule has 0 radical (unpaired) electrons. The van der Waals surface area contributed by atoms with E-state index < -0.39 is 33.6 Å². The fourth-order valence-electron chi connectivity index (χ4n) is 2.36. The number of nitro groups is 2. The third kappa shape index (κ3) is 7.63. The van der Waals surface area contributed by atoms with E-state index in [1.807, 2.05) is 0 Å². The van der Waals surface area contributed by atoms with Gasteiger partial charge in [0, 0.05) is 42.3 Å². The third-order valence-electron chi connectivity index (χ3n) is 3.81. The molecule has 14 heteroatoms. The maximum atomic E-state index is 12.3. The van der Waals surface area contributed by atoms with Crippen LogP contribution in [0.1, 0.15) is 18.1 Å². The van der Waals surface area contributed by atoms with Crippen molar-refractivity contribution in [2.75, 3.05) is 0 Å². The van der Waals surface area contributed by atoms with Gasteiger partial charge in [0.25, 0.3) is 23.2 Å². The fraction of sp³-hybridized carbons (Fsp3) is 0.105. The Hall–Kier alpha value is -5.01. The van der Waals surface area contributed by atoms with E-state index >= 15 is 0 Å². The molecule has 0 spiro atoms. The summed E-state index contributed by atoms with van der Waals surface area (Å²) in [4.78, 5) is 56.4. The number of rotatable bonds is 9. The second-order valence-corrected chi connectivity index (χ2v) is 6.31. The van der Waals surface area contributed by atoms with Crippen molar-refractivity contribution in [3.8, 4) is 0 Å². The Labute approximate surface area is 185 Å². The van der Waals surface area contributed by atoms with Crippen molar-refractivity contribution in [2.24, 2.45) is 10.2 Å². The number of carbonyl (C=O) groups is 3. The molecule has 0 aliphatic carbocycles. The molecule has 0 saturated carbocycles. The minimum absolute atomic E-state index is 0.178. The average molecular weight is 455 g/mol. The van der Waals surface area contributed by atoms with Gasteiger partial charge in [0.05, 0.1) is 22.3 Å². The van der Waals surface area contributed by atoms with Gasteiger partial charge < -0.3 is 5.32 Å². The van der Waals surface area contributed by atoms with Crippen LogP contribution >= 0.6 is 0 Å². The summed E-state index contributed by atoms with van der Waals surface area (Å²) in [5, 5.41) is 31.0. The first-order valence-electron chi connectivity index (χ1n) is 9.09. The van der Waals surface area contributed by atoms with Crippen LogP contribution in [0.25, 0.3) is 0 Å². The molecule has 0 fully saturated rings.